The summed E-state index contributed by atoms with van der Waals surface area (Å²) in [5.74, 6) is -0.284. The highest BCUT2D eigenvalue weighted by Crippen LogP contribution is 2.34. The van der Waals surface area contributed by atoms with Gasteiger partial charge in [-0.05, 0) is 52.4 Å². The monoisotopic (exact) mass is 494 g/mol. The molecule has 1 saturated heterocycles. The first-order valence-corrected chi connectivity index (χ1v) is 11.5. The van der Waals surface area contributed by atoms with E-state index in [0.29, 0.717) is 30.9 Å². The van der Waals surface area contributed by atoms with Gasteiger partial charge >= 0.3 is 12.3 Å². The van der Waals surface area contributed by atoms with Crippen molar-refractivity contribution in [1.29, 1.82) is 0 Å². The largest absolute Gasteiger partial charge is 0.421 e. The lowest BCUT2D eigenvalue weighted by Gasteiger charge is -2.28. The van der Waals surface area contributed by atoms with Crippen LogP contribution in [0.4, 0.5) is 35.4 Å². The number of alkyl halides is 3. The molecule has 2 aliphatic heterocycles. The quantitative estimate of drug-likeness (QED) is 0.535. The molecule has 0 unspecified atom stereocenters. The molecule has 190 valence electrons. The fraction of sp³-hybridized carbons (Fsp3) is 0.545. The van der Waals surface area contributed by atoms with Gasteiger partial charge in [0.2, 0.25) is 5.95 Å². The summed E-state index contributed by atoms with van der Waals surface area (Å²) in [7, 11) is 2.09. The predicted octanol–water partition coefficient (Wildman–Crippen LogP) is 3.78. The first-order valence-electron chi connectivity index (χ1n) is 11.5. The molecule has 1 fully saturated rings. The number of cyclic esters (lactones) is 1. The van der Waals surface area contributed by atoms with Crippen LogP contribution in [0.1, 0.15) is 36.6 Å². The van der Waals surface area contributed by atoms with E-state index in [0.717, 1.165) is 32.1 Å². The first-order chi connectivity index (χ1) is 16.7. The van der Waals surface area contributed by atoms with Gasteiger partial charge in [0.25, 0.3) is 0 Å². The average Bonchev–Trinajstić information content (AvgIpc) is 3.17. The van der Waals surface area contributed by atoms with Crippen LogP contribution in [0.25, 0.3) is 0 Å². The van der Waals surface area contributed by atoms with Gasteiger partial charge in [-0.25, -0.2) is 9.78 Å². The van der Waals surface area contributed by atoms with Gasteiger partial charge in [-0.1, -0.05) is 0 Å². The van der Waals surface area contributed by atoms with E-state index in [2.05, 4.69) is 37.6 Å². The Kier molecular flexibility index (Phi) is 7.43. The molecule has 35 heavy (non-hydrogen) atoms. The van der Waals surface area contributed by atoms with Gasteiger partial charge in [-0.15, -0.1) is 0 Å². The number of ether oxygens (including phenoxy) is 1. The predicted molar refractivity (Wildman–Crippen MR) is 123 cm³/mol. The highest BCUT2D eigenvalue weighted by molar-refractivity contribution is 5.69. The summed E-state index contributed by atoms with van der Waals surface area (Å²) in [6.45, 7) is 4.72. The second kappa shape index (κ2) is 10.5. The van der Waals surface area contributed by atoms with Crippen LogP contribution in [0.5, 0.6) is 0 Å². The number of likely N-dealkylation sites (tertiary alicyclic amines) is 1. The van der Waals surface area contributed by atoms with Crippen LogP contribution in [0.15, 0.2) is 24.7 Å². The van der Waals surface area contributed by atoms with Gasteiger partial charge in [0.1, 0.15) is 11.4 Å². The standard InChI is InChI=1S/C22H29F3N8O2/c1-15-18(14-33(30-15)16-5-10-31(2)11-6-16)28-20-27-13-17(22(23,24)25)19(29-20)26-7-3-8-32-9-4-12-35-21(32)34/h4,12-14,16H,3,5-11H2,1-2H3,(H2,26,27,28,29). The molecule has 1 amide bonds. The Morgan fingerprint density at radius 2 is 2.03 bits per heavy atom. The number of nitrogens with one attached hydrogen (secondary N) is 2. The van der Waals surface area contributed by atoms with Crippen molar-refractivity contribution in [1.82, 2.24) is 29.5 Å². The molecule has 10 nitrogen and oxygen atoms in total. The van der Waals surface area contributed by atoms with Crippen LogP contribution >= 0.6 is 0 Å². The number of carbonyl (C=O) groups is 1. The minimum absolute atomic E-state index is 0.0382. The second-order valence-corrected chi connectivity index (χ2v) is 8.70. The van der Waals surface area contributed by atoms with Gasteiger partial charge in [0, 0.05) is 32.0 Å². The Morgan fingerprint density at radius 3 is 2.74 bits per heavy atom. The zero-order chi connectivity index (χ0) is 25.0. The van der Waals surface area contributed by atoms with E-state index in [9.17, 15) is 18.0 Å². The third kappa shape index (κ3) is 6.21. The molecule has 0 saturated carbocycles. The summed E-state index contributed by atoms with van der Waals surface area (Å²) >= 11 is 0. The minimum Gasteiger partial charge on any atom is -0.418 e. The number of aryl methyl sites for hydroxylation is 1. The Balaban J connectivity index is 1.43. The third-order valence-corrected chi connectivity index (χ3v) is 6.07. The zero-order valence-corrected chi connectivity index (χ0v) is 19.7. The lowest BCUT2D eigenvalue weighted by Crippen LogP contribution is -2.34. The molecule has 0 aromatic carbocycles. The topological polar surface area (TPSA) is 100 Å². The van der Waals surface area contributed by atoms with Crippen LogP contribution < -0.4 is 10.6 Å². The van der Waals surface area contributed by atoms with Crippen LogP contribution in [0, 0.1) is 6.92 Å². The van der Waals surface area contributed by atoms with E-state index in [1.807, 2.05) is 17.8 Å². The number of hydrogen-bond acceptors (Lipinski definition) is 8. The smallest absolute Gasteiger partial charge is 0.418 e. The van der Waals surface area contributed by atoms with Crippen LogP contribution in [0.3, 0.4) is 0 Å². The number of anilines is 3. The van der Waals surface area contributed by atoms with Gasteiger partial charge in [0.15, 0.2) is 0 Å². The number of halogens is 3. The van der Waals surface area contributed by atoms with E-state index in [1.54, 1.807) is 6.08 Å². The maximum absolute atomic E-state index is 13.5. The number of hydrogen-bond donors (Lipinski definition) is 2. The van der Waals surface area contributed by atoms with Crippen molar-refractivity contribution < 1.29 is 22.7 Å². The number of carbonyl (C=O) groups excluding carboxylic acids is 1. The van der Waals surface area contributed by atoms with Gasteiger partial charge in [-0.3, -0.25) is 4.68 Å². The lowest BCUT2D eigenvalue weighted by atomic mass is 10.1. The SMILES string of the molecule is Cc1nn(C2CCN(C)CC2)cc1Nc1ncc(C(F)(F)F)c(NCCCN2CC=COC2=O)n1. The Bertz CT molecular complexity index is 1060. The van der Waals surface area contributed by atoms with E-state index in [-0.39, 0.29) is 24.4 Å². The summed E-state index contributed by atoms with van der Waals surface area (Å²) in [6.07, 6.45) is 2.91. The molecule has 0 atom stereocenters. The van der Waals surface area contributed by atoms with Gasteiger partial charge < -0.3 is 25.2 Å². The molecule has 2 aromatic heterocycles. The molecular weight excluding hydrogens is 465 g/mol. The summed E-state index contributed by atoms with van der Waals surface area (Å²) in [4.78, 5) is 23.4. The second-order valence-electron chi connectivity index (χ2n) is 8.70. The van der Waals surface area contributed by atoms with E-state index >= 15 is 0 Å². The zero-order valence-electron chi connectivity index (χ0n) is 19.7. The summed E-state index contributed by atoms with van der Waals surface area (Å²) in [6, 6.07) is 0.277. The van der Waals surface area contributed by atoms with Crippen LogP contribution in [0.2, 0.25) is 0 Å². The molecule has 4 rings (SSSR count). The van der Waals surface area contributed by atoms with Gasteiger partial charge in [-0.2, -0.15) is 23.3 Å². The van der Waals surface area contributed by atoms with Crippen molar-refractivity contribution in [3.8, 4) is 0 Å². The lowest BCUT2D eigenvalue weighted by molar-refractivity contribution is -0.137. The summed E-state index contributed by atoms with van der Waals surface area (Å²) in [5.41, 5.74) is 0.401. The maximum atomic E-state index is 13.5. The summed E-state index contributed by atoms with van der Waals surface area (Å²) < 4.78 is 47.3. The molecule has 13 heteroatoms. The average molecular weight is 495 g/mol. The molecule has 0 bridgehead atoms. The van der Waals surface area contributed by atoms with Crippen molar-refractivity contribution in [2.24, 2.45) is 0 Å². The van der Waals surface area contributed by atoms with E-state index in [1.165, 1.54) is 11.2 Å². The van der Waals surface area contributed by atoms with Crippen molar-refractivity contribution in [3.63, 3.8) is 0 Å². The molecular formula is C22H29F3N8O2. The first kappa shape index (κ1) is 24.8. The van der Waals surface area contributed by atoms with Crippen molar-refractivity contribution >= 4 is 23.5 Å². The van der Waals surface area contributed by atoms with Crippen LogP contribution in [-0.2, 0) is 10.9 Å². The number of amides is 1. The fourth-order valence-electron chi connectivity index (χ4n) is 4.04. The molecule has 4 heterocycles. The van der Waals surface area contributed by atoms with Gasteiger partial charge in [0.05, 0.1) is 23.7 Å². The molecule has 2 aromatic rings. The number of piperidine rings is 1. The number of rotatable bonds is 8. The maximum Gasteiger partial charge on any atom is 0.421 e. The molecule has 0 aliphatic carbocycles. The minimum atomic E-state index is -4.61. The summed E-state index contributed by atoms with van der Waals surface area (Å²) in [5, 5.41) is 10.3. The van der Waals surface area contributed by atoms with Crippen molar-refractivity contribution in [2.45, 2.75) is 38.4 Å². The fourth-order valence-corrected chi connectivity index (χ4v) is 4.04. The van der Waals surface area contributed by atoms with Crippen molar-refractivity contribution in [2.75, 3.05) is 50.4 Å². The highest BCUT2D eigenvalue weighted by atomic mass is 19.4. The highest BCUT2D eigenvalue weighted by Gasteiger charge is 2.35. The molecule has 0 radical (unpaired) electrons. The van der Waals surface area contributed by atoms with E-state index < -0.39 is 17.8 Å². The molecule has 2 aliphatic rings. The Hall–Kier alpha value is -3.35. The van der Waals surface area contributed by atoms with E-state index in [4.69, 9.17) is 4.74 Å². The Labute approximate surface area is 201 Å². The molecule has 2 N–H and O–H groups in total. The Morgan fingerprint density at radius 1 is 1.26 bits per heavy atom. The number of nitrogens with zero attached hydrogens (tertiary/aromatic N) is 6. The normalized spacial score (nSPS) is 17.5. The molecule has 0 spiro atoms. The van der Waals surface area contributed by atoms with Crippen molar-refractivity contribution in [3.05, 3.63) is 36.0 Å². The third-order valence-electron chi connectivity index (χ3n) is 6.07. The number of aromatic nitrogens is 4. The van der Waals surface area contributed by atoms with Crippen LogP contribution in [-0.4, -0.2) is 75.4 Å².